The highest BCUT2D eigenvalue weighted by Gasteiger charge is 2.51. The van der Waals surface area contributed by atoms with Crippen LogP contribution < -0.4 is 13.8 Å². The van der Waals surface area contributed by atoms with Crippen molar-refractivity contribution in [1.82, 2.24) is 9.78 Å². The summed E-state index contributed by atoms with van der Waals surface area (Å²) in [5.74, 6) is -3.14. The summed E-state index contributed by atoms with van der Waals surface area (Å²) in [6.45, 7) is 2.55. The smallest absolute Gasteiger partial charge is 0.427 e. The van der Waals surface area contributed by atoms with Crippen LogP contribution in [0.25, 0.3) is 0 Å². The standard InChI is InChI=1S/C27H34F3N3O9S/c1-4-32-15-22(24(31-32)40-10-9-34)43(38,39)33-14-18(13-19(25(36)37)17-6-7-17)41-21-8-5-16(11-20(21)33)12-23(35)42-26(2,3)27(28,29)30/h5,8,11,15,17-19,34H,4,6-7,9-10,12-14H2,1-3H3,(H,36,37)/t18-,19+/m0/s1. The van der Waals surface area contributed by atoms with E-state index in [4.69, 9.17) is 9.47 Å². The number of benzene rings is 1. The zero-order valence-corrected chi connectivity index (χ0v) is 24.7. The summed E-state index contributed by atoms with van der Waals surface area (Å²) in [7, 11) is -4.46. The number of carboxylic acids is 1. The van der Waals surface area contributed by atoms with Gasteiger partial charge in [0, 0.05) is 12.7 Å². The number of sulfonamides is 1. The Morgan fingerprint density at radius 2 is 1.93 bits per heavy atom. The molecule has 43 heavy (non-hydrogen) atoms. The average molecular weight is 634 g/mol. The van der Waals surface area contributed by atoms with E-state index in [0.717, 1.165) is 31.0 Å². The fourth-order valence-corrected chi connectivity index (χ4v) is 6.30. The molecule has 1 aliphatic carbocycles. The SMILES string of the molecule is CCn1cc(S(=O)(=O)N2C[C@H](C[C@@H](C(=O)O)C3CC3)Oc3ccc(CC(=O)OC(C)(C)C(F)(F)F)cc32)c(OCCO)n1. The van der Waals surface area contributed by atoms with Gasteiger partial charge in [0.15, 0.2) is 4.90 Å². The summed E-state index contributed by atoms with van der Waals surface area (Å²) < 4.78 is 86.4. The second kappa shape index (κ2) is 12.2. The van der Waals surface area contributed by atoms with Gasteiger partial charge in [0.1, 0.15) is 18.5 Å². The molecule has 12 nitrogen and oxygen atoms in total. The fourth-order valence-electron chi connectivity index (χ4n) is 4.73. The summed E-state index contributed by atoms with van der Waals surface area (Å²) in [5.41, 5.74) is -2.59. The Labute approximate surface area is 246 Å². The maximum absolute atomic E-state index is 14.1. The summed E-state index contributed by atoms with van der Waals surface area (Å²) in [6.07, 6.45) is -3.46. The van der Waals surface area contributed by atoms with Crippen LogP contribution in [0.2, 0.25) is 0 Å². The van der Waals surface area contributed by atoms with Crippen LogP contribution in [-0.2, 0) is 37.3 Å². The number of aryl methyl sites for hydroxylation is 1. The molecule has 0 amide bonds. The monoisotopic (exact) mass is 633 g/mol. The van der Waals surface area contributed by atoms with E-state index in [1.165, 1.54) is 29.1 Å². The lowest BCUT2D eigenvalue weighted by molar-refractivity contribution is -0.257. The molecular formula is C27H34F3N3O9S. The number of carbonyl (C=O) groups excluding carboxylic acids is 1. The summed E-state index contributed by atoms with van der Waals surface area (Å²) in [4.78, 5) is 24.1. The van der Waals surface area contributed by atoms with Crippen molar-refractivity contribution >= 4 is 27.6 Å². The molecule has 0 radical (unpaired) electrons. The van der Waals surface area contributed by atoms with Crippen LogP contribution in [0.1, 0.15) is 45.6 Å². The van der Waals surface area contributed by atoms with Crippen molar-refractivity contribution in [2.45, 2.75) is 75.8 Å². The van der Waals surface area contributed by atoms with Crippen LogP contribution in [0.4, 0.5) is 18.9 Å². The quantitative estimate of drug-likeness (QED) is 0.314. The number of aliphatic carboxylic acids is 1. The minimum atomic E-state index is -4.81. The van der Waals surface area contributed by atoms with E-state index in [9.17, 15) is 41.4 Å². The van der Waals surface area contributed by atoms with E-state index in [1.54, 1.807) is 6.92 Å². The first-order valence-corrected chi connectivity index (χ1v) is 15.2. The summed E-state index contributed by atoms with van der Waals surface area (Å²) in [5, 5.41) is 23.1. The van der Waals surface area contributed by atoms with Gasteiger partial charge in [-0.15, -0.1) is 5.10 Å². The number of fused-ring (bicyclic) bond motifs is 1. The lowest BCUT2D eigenvalue weighted by Crippen LogP contribution is -2.45. The van der Waals surface area contributed by atoms with Gasteiger partial charge < -0.3 is 24.4 Å². The topological polar surface area (TPSA) is 157 Å². The van der Waals surface area contributed by atoms with Crippen molar-refractivity contribution in [1.29, 1.82) is 0 Å². The molecule has 0 saturated heterocycles. The molecular weight excluding hydrogens is 599 g/mol. The minimum Gasteiger partial charge on any atom is -0.486 e. The highest BCUT2D eigenvalue weighted by Crippen LogP contribution is 2.44. The van der Waals surface area contributed by atoms with E-state index in [-0.39, 0.29) is 53.3 Å². The van der Waals surface area contributed by atoms with Gasteiger partial charge in [-0.25, -0.2) is 8.42 Å². The number of aliphatic hydroxyl groups excluding tert-OH is 1. The second-order valence-electron chi connectivity index (χ2n) is 11.0. The van der Waals surface area contributed by atoms with E-state index < -0.39 is 58.8 Å². The van der Waals surface area contributed by atoms with Crippen LogP contribution in [0, 0.1) is 11.8 Å². The highest BCUT2D eigenvalue weighted by molar-refractivity contribution is 7.93. The van der Waals surface area contributed by atoms with Gasteiger partial charge in [0.05, 0.1) is 31.2 Å². The number of hydrogen-bond acceptors (Lipinski definition) is 9. The molecule has 1 saturated carbocycles. The molecule has 0 spiro atoms. The molecule has 16 heteroatoms. The van der Waals surface area contributed by atoms with Crippen molar-refractivity contribution in [2.24, 2.45) is 11.8 Å². The Hall–Kier alpha value is -3.53. The number of aliphatic hydroxyl groups is 1. The average Bonchev–Trinajstić information content (AvgIpc) is 3.66. The highest BCUT2D eigenvalue weighted by atomic mass is 32.2. The molecule has 2 aliphatic rings. The van der Waals surface area contributed by atoms with Crippen LogP contribution in [0.3, 0.4) is 0 Å². The van der Waals surface area contributed by atoms with Gasteiger partial charge in [0.25, 0.3) is 15.9 Å². The molecule has 2 N–H and O–H groups in total. The Morgan fingerprint density at radius 1 is 1.23 bits per heavy atom. The molecule has 0 unspecified atom stereocenters. The molecule has 4 rings (SSSR count). The number of anilines is 1. The predicted octanol–water partition coefficient (Wildman–Crippen LogP) is 3.16. The Kier molecular flexibility index (Phi) is 9.21. The molecule has 238 valence electrons. The molecule has 1 aliphatic heterocycles. The first kappa shape index (κ1) is 32.4. The number of rotatable bonds is 13. The molecule has 2 atom stereocenters. The third-order valence-corrected chi connectivity index (χ3v) is 9.06. The zero-order valence-electron chi connectivity index (χ0n) is 23.8. The van der Waals surface area contributed by atoms with Crippen molar-refractivity contribution < 1.29 is 55.6 Å². The zero-order chi connectivity index (χ0) is 31.7. The third kappa shape index (κ3) is 7.17. The number of carbonyl (C=O) groups is 2. The first-order valence-electron chi connectivity index (χ1n) is 13.7. The first-order chi connectivity index (χ1) is 20.1. The maximum atomic E-state index is 14.1. The van der Waals surface area contributed by atoms with Gasteiger partial charge in [-0.2, -0.15) is 13.2 Å². The predicted molar refractivity (Wildman–Crippen MR) is 144 cm³/mol. The van der Waals surface area contributed by atoms with Crippen LogP contribution in [0.5, 0.6) is 11.6 Å². The van der Waals surface area contributed by atoms with Crippen molar-refractivity contribution in [3.05, 3.63) is 30.0 Å². The molecule has 1 aromatic carbocycles. The van der Waals surface area contributed by atoms with Crippen molar-refractivity contribution in [3.8, 4) is 11.6 Å². The lowest BCUT2D eigenvalue weighted by Gasteiger charge is -2.36. The van der Waals surface area contributed by atoms with Gasteiger partial charge in [0.2, 0.25) is 5.60 Å². The number of aromatic nitrogens is 2. The van der Waals surface area contributed by atoms with E-state index >= 15 is 0 Å². The number of hydrogen-bond donors (Lipinski definition) is 2. The van der Waals surface area contributed by atoms with E-state index in [1.807, 2.05) is 0 Å². The largest absolute Gasteiger partial charge is 0.486 e. The Morgan fingerprint density at radius 3 is 2.51 bits per heavy atom. The number of ether oxygens (including phenoxy) is 3. The van der Waals surface area contributed by atoms with Gasteiger partial charge in [-0.1, -0.05) is 6.07 Å². The Bertz CT molecular complexity index is 1460. The van der Waals surface area contributed by atoms with Crippen LogP contribution in [0.15, 0.2) is 29.3 Å². The number of alkyl halides is 3. The normalized spacial score (nSPS) is 18.0. The second-order valence-corrected chi connectivity index (χ2v) is 12.8. The van der Waals surface area contributed by atoms with Crippen molar-refractivity contribution in [3.63, 3.8) is 0 Å². The number of esters is 1. The van der Waals surface area contributed by atoms with Crippen LogP contribution in [-0.4, -0.2) is 78.0 Å². The molecule has 2 heterocycles. The van der Waals surface area contributed by atoms with E-state index in [0.29, 0.717) is 6.54 Å². The van der Waals surface area contributed by atoms with Crippen molar-refractivity contribution in [2.75, 3.05) is 24.1 Å². The van der Waals surface area contributed by atoms with E-state index in [2.05, 4.69) is 9.84 Å². The maximum Gasteiger partial charge on any atom is 0.427 e. The summed E-state index contributed by atoms with van der Waals surface area (Å²) in [6, 6.07) is 4.08. The minimum absolute atomic E-state index is 0.00714. The third-order valence-electron chi connectivity index (χ3n) is 7.30. The lowest BCUT2D eigenvalue weighted by atomic mass is 9.95. The number of carboxylic acid groups (broad SMARTS) is 1. The molecule has 1 fully saturated rings. The fraction of sp³-hybridized carbons (Fsp3) is 0.593. The molecule has 2 aromatic rings. The summed E-state index contributed by atoms with van der Waals surface area (Å²) >= 11 is 0. The molecule has 0 bridgehead atoms. The Balaban J connectivity index is 1.71. The number of halogens is 3. The van der Waals surface area contributed by atoms with Gasteiger partial charge >= 0.3 is 18.1 Å². The van der Waals surface area contributed by atoms with Gasteiger partial charge in [-0.05, 0) is 63.6 Å². The van der Waals surface area contributed by atoms with Gasteiger partial charge in [-0.3, -0.25) is 18.6 Å². The van der Waals surface area contributed by atoms with Crippen LogP contribution >= 0.6 is 0 Å². The molecule has 1 aromatic heterocycles. The number of nitrogens with zero attached hydrogens (tertiary/aromatic N) is 3.